The third-order valence-corrected chi connectivity index (χ3v) is 2.35. The summed E-state index contributed by atoms with van der Waals surface area (Å²) in [5.41, 5.74) is 5.51. The summed E-state index contributed by atoms with van der Waals surface area (Å²) >= 11 is 0. The molecule has 1 aliphatic carbocycles. The van der Waals surface area contributed by atoms with Crippen LogP contribution in [0.15, 0.2) is 16.7 Å². The molecule has 0 spiro atoms. The van der Waals surface area contributed by atoms with E-state index in [0.29, 0.717) is 6.42 Å². The fourth-order valence-electron chi connectivity index (χ4n) is 1.62. The monoisotopic (exact) mass is 153 g/mol. The van der Waals surface area contributed by atoms with Gasteiger partial charge in [0.2, 0.25) is 0 Å². The second-order valence-electron chi connectivity index (χ2n) is 2.99. The molecule has 3 nitrogen and oxygen atoms in total. The Bertz CT molecular complexity index is 269. The van der Waals surface area contributed by atoms with E-state index >= 15 is 0 Å². The molecule has 0 radical (unpaired) electrons. The second kappa shape index (κ2) is 2.09. The zero-order valence-electron chi connectivity index (χ0n) is 6.21. The molecular weight excluding hydrogens is 142 g/mol. The lowest BCUT2D eigenvalue weighted by atomic mass is 9.99. The standard InChI is InChI=1S/C8H11NO2/c9-5-8(10)3-1-7-6(8)2-4-11-7/h2,4,10H,1,3,5,9H2. The van der Waals surface area contributed by atoms with Crippen molar-refractivity contribution in [2.24, 2.45) is 5.73 Å². The van der Waals surface area contributed by atoms with Gasteiger partial charge >= 0.3 is 0 Å². The van der Waals surface area contributed by atoms with Crippen LogP contribution in [0.3, 0.4) is 0 Å². The van der Waals surface area contributed by atoms with E-state index in [1.807, 2.05) is 0 Å². The van der Waals surface area contributed by atoms with E-state index in [1.165, 1.54) is 0 Å². The predicted molar refractivity (Wildman–Crippen MR) is 40.0 cm³/mol. The fraction of sp³-hybridized carbons (Fsp3) is 0.500. The zero-order valence-corrected chi connectivity index (χ0v) is 6.21. The molecule has 0 aliphatic heterocycles. The highest BCUT2D eigenvalue weighted by Gasteiger charge is 2.37. The van der Waals surface area contributed by atoms with Gasteiger partial charge in [-0.3, -0.25) is 0 Å². The van der Waals surface area contributed by atoms with Crippen molar-refractivity contribution in [2.75, 3.05) is 6.54 Å². The normalized spacial score (nSPS) is 28.9. The average molecular weight is 153 g/mol. The first-order valence-electron chi connectivity index (χ1n) is 3.75. The minimum Gasteiger partial charge on any atom is -0.469 e. The number of furan rings is 1. The van der Waals surface area contributed by atoms with Gasteiger partial charge in [0.15, 0.2) is 0 Å². The summed E-state index contributed by atoms with van der Waals surface area (Å²) in [6, 6.07) is 1.80. The van der Waals surface area contributed by atoms with Crippen molar-refractivity contribution >= 4 is 0 Å². The molecule has 1 aromatic rings. The van der Waals surface area contributed by atoms with Crippen LogP contribution in [0.5, 0.6) is 0 Å². The second-order valence-corrected chi connectivity index (χ2v) is 2.99. The van der Waals surface area contributed by atoms with E-state index in [-0.39, 0.29) is 6.54 Å². The Morgan fingerprint density at radius 2 is 2.55 bits per heavy atom. The summed E-state index contributed by atoms with van der Waals surface area (Å²) in [6.07, 6.45) is 3.10. The van der Waals surface area contributed by atoms with Crippen molar-refractivity contribution in [3.63, 3.8) is 0 Å². The maximum atomic E-state index is 9.86. The van der Waals surface area contributed by atoms with Crippen LogP contribution in [0.2, 0.25) is 0 Å². The number of rotatable bonds is 1. The molecule has 2 rings (SSSR count). The van der Waals surface area contributed by atoms with Gasteiger partial charge in [-0.2, -0.15) is 0 Å². The Morgan fingerprint density at radius 3 is 3.27 bits per heavy atom. The summed E-state index contributed by atoms with van der Waals surface area (Å²) in [4.78, 5) is 0. The van der Waals surface area contributed by atoms with E-state index in [1.54, 1.807) is 12.3 Å². The number of aryl methyl sites for hydroxylation is 1. The van der Waals surface area contributed by atoms with Crippen molar-refractivity contribution in [3.8, 4) is 0 Å². The molecule has 1 atom stereocenters. The van der Waals surface area contributed by atoms with Crippen LogP contribution in [0.4, 0.5) is 0 Å². The smallest absolute Gasteiger partial charge is 0.110 e. The van der Waals surface area contributed by atoms with Gasteiger partial charge in [0.25, 0.3) is 0 Å². The number of hydrogen-bond donors (Lipinski definition) is 2. The van der Waals surface area contributed by atoms with Gasteiger partial charge in [0.05, 0.1) is 6.26 Å². The van der Waals surface area contributed by atoms with Gasteiger partial charge in [-0.1, -0.05) is 0 Å². The maximum absolute atomic E-state index is 9.86. The average Bonchev–Trinajstić information content (AvgIpc) is 2.55. The fourth-order valence-corrected chi connectivity index (χ4v) is 1.62. The van der Waals surface area contributed by atoms with Crippen LogP contribution >= 0.6 is 0 Å². The molecule has 1 aromatic heterocycles. The molecule has 0 bridgehead atoms. The Morgan fingerprint density at radius 1 is 1.73 bits per heavy atom. The van der Waals surface area contributed by atoms with Crippen LogP contribution in [0, 0.1) is 0 Å². The highest BCUT2D eigenvalue weighted by atomic mass is 16.3. The third-order valence-electron chi connectivity index (χ3n) is 2.35. The largest absolute Gasteiger partial charge is 0.469 e. The van der Waals surface area contributed by atoms with Crippen molar-refractivity contribution in [1.29, 1.82) is 0 Å². The van der Waals surface area contributed by atoms with E-state index in [9.17, 15) is 5.11 Å². The molecule has 1 unspecified atom stereocenters. The lowest BCUT2D eigenvalue weighted by Crippen LogP contribution is -2.31. The van der Waals surface area contributed by atoms with Crippen molar-refractivity contribution in [3.05, 3.63) is 23.7 Å². The Kier molecular flexibility index (Phi) is 1.31. The molecule has 3 heteroatoms. The first-order chi connectivity index (χ1) is 5.26. The molecule has 0 amide bonds. The summed E-state index contributed by atoms with van der Waals surface area (Å²) in [5, 5.41) is 9.86. The van der Waals surface area contributed by atoms with Crippen LogP contribution in [0.25, 0.3) is 0 Å². The topological polar surface area (TPSA) is 59.4 Å². The Labute approximate surface area is 64.8 Å². The van der Waals surface area contributed by atoms with Crippen LogP contribution in [-0.2, 0) is 12.0 Å². The van der Waals surface area contributed by atoms with Gasteiger partial charge in [0, 0.05) is 18.5 Å². The van der Waals surface area contributed by atoms with Crippen molar-refractivity contribution in [2.45, 2.75) is 18.4 Å². The molecule has 1 heterocycles. The number of fused-ring (bicyclic) bond motifs is 1. The van der Waals surface area contributed by atoms with Gasteiger partial charge in [0.1, 0.15) is 11.4 Å². The van der Waals surface area contributed by atoms with Gasteiger partial charge in [-0.25, -0.2) is 0 Å². The molecule has 0 fully saturated rings. The molecule has 0 aromatic carbocycles. The van der Waals surface area contributed by atoms with E-state index in [4.69, 9.17) is 10.2 Å². The molecule has 0 saturated heterocycles. The SMILES string of the molecule is NCC1(O)CCc2occc21. The summed E-state index contributed by atoms with van der Waals surface area (Å²) in [7, 11) is 0. The predicted octanol–water partition coefficient (Wildman–Crippen LogP) is 0.372. The molecule has 3 N–H and O–H groups in total. The molecule has 60 valence electrons. The third kappa shape index (κ3) is 0.814. The number of aliphatic hydroxyl groups is 1. The zero-order chi connectivity index (χ0) is 7.90. The number of nitrogens with two attached hydrogens (primary N) is 1. The van der Waals surface area contributed by atoms with Crippen molar-refractivity contribution in [1.82, 2.24) is 0 Å². The lowest BCUT2D eigenvalue weighted by molar-refractivity contribution is 0.0482. The first kappa shape index (κ1) is 6.88. The van der Waals surface area contributed by atoms with Gasteiger partial charge < -0.3 is 15.3 Å². The highest BCUT2D eigenvalue weighted by molar-refractivity contribution is 5.30. The molecule has 0 saturated carbocycles. The Hall–Kier alpha value is -0.800. The van der Waals surface area contributed by atoms with Crippen LogP contribution in [-0.4, -0.2) is 11.7 Å². The van der Waals surface area contributed by atoms with E-state index in [2.05, 4.69) is 0 Å². The van der Waals surface area contributed by atoms with E-state index in [0.717, 1.165) is 17.7 Å². The number of hydrogen-bond acceptors (Lipinski definition) is 3. The molecule has 1 aliphatic rings. The van der Waals surface area contributed by atoms with Crippen molar-refractivity contribution < 1.29 is 9.52 Å². The summed E-state index contributed by atoms with van der Waals surface area (Å²) in [5.74, 6) is 0.887. The highest BCUT2D eigenvalue weighted by Crippen LogP contribution is 2.36. The quantitative estimate of drug-likeness (QED) is 0.613. The molecule has 11 heavy (non-hydrogen) atoms. The van der Waals surface area contributed by atoms with Gasteiger partial charge in [-0.15, -0.1) is 0 Å². The first-order valence-corrected chi connectivity index (χ1v) is 3.75. The minimum atomic E-state index is -0.817. The lowest BCUT2D eigenvalue weighted by Gasteiger charge is -2.19. The van der Waals surface area contributed by atoms with Gasteiger partial charge in [-0.05, 0) is 12.5 Å². The summed E-state index contributed by atoms with van der Waals surface area (Å²) in [6.45, 7) is 0.277. The summed E-state index contributed by atoms with van der Waals surface area (Å²) < 4.78 is 5.16. The van der Waals surface area contributed by atoms with Crippen LogP contribution in [0.1, 0.15) is 17.7 Å². The molecular formula is C8H11NO2. The van der Waals surface area contributed by atoms with Crippen LogP contribution < -0.4 is 5.73 Å². The Balaban J connectivity index is 2.45. The van der Waals surface area contributed by atoms with E-state index < -0.39 is 5.60 Å². The minimum absolute atomic E-state index is 0.277. The maximum Gasteiger partial charge on any atom is 0.110 e.